The third-order valence-corrected chi connectivity index (χ3v) is 9.09. The van der Waals surface area contributed by atoms with Crippen molar-refractivity contribution in [1.82, 2.24) is 0 Å². The van der Waals surface area contributed by atoms with Crippen LogP contribution < -0.4 is 4.74 Å². The molecule has 1 fully saturated rings. The lowest BCUT2D eigenvalue weighted by molar-refractivity contribution is -0.148. The summed E-state index contributed by atoms with van der Waals surface area (Å²) in [5.41, 5.74) is -0.847. The summed E-state index contributed by atoms with van der Waals surface area (Å²) in [5.74, 6) is -1.35. The van der Waals surface area contributed by atoms with Gasteiger partial charge in [-0.1, -0.05) is 94.4 Å². The lowest BCUT2D eigenvalue weighted by Gasteiger charge is -2.22. The first-order valence-electron chi connectivity index (χ1n) is 19.0. The van der Waals surface area contributed by atoms with Crippen LogP contribution in [-0.4, -0.2) is 53.7 Å². The second-order valence-corrected chi connectivity index (χ2v) is 13.5. The average molecular weight is 723 g/mol. The standard InChI is InChI=1S/C41H61F3O7/c1-3-4-5-6-7-8-9-10-11-12-13-14-17-20-28-49-40(48)25-19-16-15-18-24-37-36(38(47)30-39(37)51-32(2)45)27-26-34(46)31-50-35-23-21-22-33(29-35)41(42,43)44/h8-9,15,18,21-23,26-27,29,34,36-39,46-47H,3-7,10-14,16-17,19-20,24-25,28,30-31H2,1-2H3/b9-8-,18-15-,27-26+/t34-,36-,37-,38-,39+/m1/s1. The first-order chi connectivity index (χ1) is 24.5. The van der Waals surface area contributed by atoms with Crippen LogP contribution in [0.4, 0.5) is 13.2 Å². The number of unbranched alkanes of at least 4 members (excludes halogenated alkanes) is 11. The Bertz CT molecular complexity index is 1200. The van der Waals surface area contributed by atoms with Crippen molar-refractivity contribution in [3.8, 4) is 5.75 Å². The molecule has 2 rings (SSSR count). The van der Waals surface area contributed by atoms with Gasteiger partial charge in [-0.15, -0.1) is 0 Å². The summed E-state index contributed by atoms with van der Waals surface area (Å²) in [5, 5.41) is 21.1. The van der Waals surface area contributed by atoms with E-state index in [1.54, 1.807) is 6.08 Å². The molecule has 0 aromatic heterocycles. The Labute approximate surface area is 303 Å². The average Bonchev–Trinajstić information content (AvgIpc) is 3.37. The Morgan fingerprint density at radius 2 is 1.57 bits per heavy atom. The van der Waals surface area contributed by atoms with Crippen molar-refractivity contribution in [2.24, 2.45) is 11.8 Å². The van der Waals surface area contributed by atoms with E-state index in [0.29, 0.717) is 32.3 Å². The molecule has 288 valence electrons. The van der Waals surface area contributed by atoms with E-state index in [1.165, 1.54) is 76.5 Å². The molecule has 1 aliphatic rings. The fourth-order valence-corrected chi connectivity index (χ4v) is 6.28. The maximum absolute atomic E-state index is 13.0. The minimum absolute atomic E-state index is 0.0206. The van der Waals surface area contributed by atoms with Gasteiger partial charge in [0.15, 0.2) is 0 Å². The number of carbonyl (C=O) groups is 2. The number of benzene rings is 1. The molecule has 1 aromatic rings. The molecule has 0 radical (unpaired) electrons. The van der Waals surface area contributed by atoms with Crippen LogP contribution >= 0.6 is 0 Å². The van der Waals surface area contributed by atoms with Crippen LogP contribution in [0.3, 0.4) is 0 Å². The molecule has 1 aromatic carbocycles. The fraction of sp³-hybridized carbons (Fsp3) is 0.659. The van der Waals surface area contributed by atoms with Crippen molar-refractivity contribution < 1.29 is 47.2 Å². The summed E-state index contributed by atoms with van der Waals surface area (Å²) < 4.78 is 55.1. The lowest BCUT2D eigenvalue weighted by Crippen LogP contribution is -2.24. The van der Waals surface area contributed by atoms with E-state index in [0.717, 1.165) is 37.8 Å². The molecule has 51 heavy (non-hydrogen) atoms. The largest absolute Gasteiger partial charge is 0.491 e. The quantitative estimate of drug-likeness (QED) is 0.0558. The maximum atomic E-state index is 13.0. The maximum Gasteiger partial charge on any atom is 0.416 e. The third-order valence-electron chi connectivity index (χ3n) is 9.09. The highest BCUT2D eigenvalue weighted by atomic mass is 19.4. The number of hydrogen-bond acceptors (Lipinski definition) is 7. The molecule has 0 aliphatic heterocycles. The minimum atomic E-state index is -4.51. The Morgan fingerprint density at radius 1 is 0.922 bits per heavy atom. The molecule has 7 nitrogen and oxygen atoms in total. The topological polar surface area (TPSA) is 102 Å². The minimum Gasteiger partial charge on any atom is -0.491 e. The Morgan fingerprint density at radius 3 is 2.25 bits per heavy atom. The van der Waals surface area contributed by atoms with Gasteiger partial charge in [0.2, 0.25) is 0 Å². The molecule has 0 bridgehead atoms. The van der Waals surface area contributed by atoms with Gasteiger partial charge >= 0.3 is 18.1 Å². The Hall–Kier alpha value is -3.11. The number of hydrogen-bond donors (Lipinski definition) is 2. The number of ether oxygens (including phenoxy) is 3. The lowest BCUT2D eigenvalue weighted by atomic mass is 9.89. The van der Waals surface area contributed by atoms with E-state index in [1.807, 2.05) is 12.2 Å². The molecule has 1 saturated carbocycles. The Kier molecular flexibility index (Phi) is 22.3. The van der Waals surface area contributed by atoms with Gasteiger partial charge in [-0.25, -0.2) is 0 Å². The van der Waals surface area contributed by atoms with Crippen molar-refractivity contribution in [2.75, 3.05) is 13.2 Å². The molecule has 0 spiro atoms. The van der Waals surface area contributed by atoms with Crippen LogP contribution in [0.2, 0.25) is 0 Å². The summed E-state index contributed by atoms with van der Waals surface area (Å²) in [6.07, 6.45) is 21.5. The molecule has 5 atom stereocenters. The zero-order valence-corrected chi connectivity index (χ0v) is 30.7. The van der Waals surface area contributed by atoms with Gasteiger partial charge < -0.3 is 24.4 Å². The van der Waals surface area contributed by atoms with Crippen LogP contribution in [0.1, 0.15) is 129 Å². The number of aliphatic hydroxyl groups excluding tert-OH is 2. The third kappa shape index (κ3) is 19.9. The molecule has 10 heteroatoms. The summed E-state index contributed by atoms with van der Waals surface area (Å²) >= 11 is 0. The van der Waals surface area contributed by atoms with Crippen molar-refractivity contribution in [3.63, 3.8) is 0 Å². The molecule has 0 saturated heterocycles. The zero-order valence-electron chi connectivity index (χ0n) is 30.7. The van der Waals surface area contributed by atoms with E-state index in [9.17, 15) is 33.0 Å². The van der Waals surface area contributed by atoms with Gasteiger partial charge in [-0.05, 0) is 69.6 Å². The summed E-state index contributed by atoms with van der Waals surface area (Å²) in [6, 6.07) is 4.41. The monoisotopic (exact) mass is 722 g/mol. The molecular weight excluding hydrogens is 661 g/mol. The molecule has 2 N–H and O–H groups in total. The van der Waals surface area contributed by atoms with Crippen molar-refractivity contribution in [2.45, 2.75) is 147 Å². The van der Waals surface area contributed by atoms with E-state index < -0.39 is 41.9 Å². The van der Waals surface area contributed by atoms with E-state index >= 15 is 0 Å². The number of allylic oxidation sites excluding steroid dienone is 4. The highest BCUT2D eigenvalue weighted by Crippen LogP contribution is 2.38. The van der Waals surface area contributed by atoms with Crippen LogP contribution in [0.25, 0.3) is 0 Å². The van der Waals surface area contributed by atoms with Gasteiger partial charge in [0.05, 0.1) is 18.3 Å². The summed E-state index contributed by atoms with van der Waals surface area (Å²) in [4.78, 5) is 23.9. The predicted octanol–water partition coefficient (Wildman–Crippen LogP) is 9.85. The van der Waals surface area contributed by atoms with Gasteiger partial charge in [0.25, 0.3) is 0 Å². The molecule has 0 unspecified atom stereocenters. The predicted molar refractivity (Wildman–Crippen MR) is 194 cm³/mol. The van der Waals surface area contributed by atoms with Crippen LogP contribution in [0.15, 0.2) is 60.7 Å². The molecular formula is C41H61F3O7. The number of alkyl halides is 3. The first-order valence-corrected chi connectivity index (χ1v) is 19.0. The van der Waals surface area contributed by atoms with Crippen LogP contribution in [0.5, 0.6) is 5.75 Å². The highest BCUT2D eigenvalue weighted by Gasteiger charge is 2.42. The number of carbonyl (C=O) groups excluding carboxylic acids is 2. The normalized spacial score (nSPS) is 20.1. The first kappa shape index (κ1) is 44.1. The SMILES string of the molecule is CCCCCC/C=C\CCCCCCCCOC(=O)CCC/C=C\C[C@@H]1[C@@H](/C=C/[C@@H](O)COc2cccc(C(F)(F)F)c2)[C@H](O)C[C@@H]1OC(C)=O. The molecule has 0 heterocycles. The van der Waals surface area contributed by atoms with Gasteiger partial charge in [0, 0.05) is 31.6 Å². The Balaban J connectivity index is 1.64. The van der Waals surface area contributed by atoms with Crippen molar-refractivity contribution in [1.29, 1.82) is 0 Å². The second kappa shape index (κ2) is 25.8. The van der Waals surface area contributed by atoms with Gasteiger partial charge in [0.1, 0.15) is 24.6 Å². The zero-order chi connectivity index (χ0) is 37.3. The van der Waals surface area contributed by atoms with E-state index in [2.05, 4.69) is 19.1 Å². The summed E-state index contributed by atoms with van der Waals surface area (Å²) in [6.45, 7) is 3.73. The van der Waals surface area contributed by atoms with Gasteiger partial charge in [-0.2, -0.15) is 13.2 Å². The van der Waals surface area contributed by atoms with Crippen molar-refractivity contribution >= 4 is 11.9 Å². The van der Waals surface area contributed by atoms with E-state index in [4.69, 9.17) is 14.2 Å². The molecule has 0 amide bonds. The summed E-state index contributed by atoms with van der Waals surface area (Å²) in [7, 11) is 0. The van der Waals surface area contributed by atoms with Crippen molar-refractivity contribution in [3.05, 3.63) is 66.3 Å². The van der Waals surface area contributed by atoms with Crippen LogP contribution in [-0.2, 0) is 25.2 Å². The number of esters is 2. The second-order valence-electron chi connectivity index (χ2n) is 13.5. The smallest absolute Gasteiger partial charge is 0.416 e. The van der Waals surface area contributed by atoms with Gasteiger partial charge in [-0.3, -0.25) is 9.59 Å². The fourth-order valence-electron chi connectivity index (χ4n) is 6.28. The highest BCUT2D eigenvalue weighted by molar-refractivity contribution is 5.69. The van der Waals surface area contributed by atoms with Crippen LogP contribution in [0, 0.1) is 11.8 Å². The molecule has 1 aliphatic carbocycles. The van der Waals surface area contributed by atoms with E-state index in [-0.39, 0.29) is 30.7 Å². The number of rotatable bonds is 26. The number of halogens is 3. The number of aliphatic hydroxyl groups is 2.